The minimum atomic E-state index is 0.0973. The summed E-state index contributed by atoms with van der Waals surface area (Å²) in [5.41, 5.74) is 2.40. The molecule has 3 aromatic rings. The van der Waals surface area contributed by atoms with Gasteiger partial charge in [-0.2, -0.15) is 0 Å². The number of likely N-dealkylation sites (tertiary alicyclic amines) is 1. The molecule has 2 aromatic heterocycles. The van der Waals surface area contributed by atoms with E-state index in [1.807, 2.05) is 29.2 Å². The van der Waals surface area contributed by atoms with E-state index in [2.05, 4.69) is 19.1 Å². The number of aryl methyl sites for hydroxylation is 1. The molecule has 1 saturated heterocycles. The second kappa shape index (κ2) is 7.99. The van der Waals surface area contributed by atoms with Gasteiger partial charge in [-0.1, -0.05) is 31.4 Å². The number of aromatic nitrogens is 1. The lowest BCUT2D eigenvalue weighted by Gasteiger charge is -2.21. The molecule has 0 aliphatic carbocycles. The molecule has 0 bridgehead atoms. The van der Waals surface area contributed by atoms with Gasteiger partial charge in [-0.25, -0.2) is 4.98 Å². The van der Waals surface area contributed by atoms with E-state index in [4.69, 9.17) is 16.6 Å². The Morgan fingerprint density at radius 2 is 1.89 bits per heavy atom. The highest BCUT2D eigenvalue weighted by molar-refractivity contribution is 7.15. The second-order valence-electron chi connectivity index (χ2n) is 7.04. The Labute approximate surface area is 169 Å². The van der Waals surface area contributed by atoms with E-state index in [9.17, 15) is 4.79 Å². The number of halogens is 1. The van der Waals surface area contributed by atoms with Crippen LogP contribution in [0.25, 0.3) is 21.5 Å². The molecule has 0 radical (unpaired) electrons. The molecular weight excluding hydrogens is 376 g/mol. The predicted molar refractivity (Wildman–Crippen MR) is 114 cm³/mol. The SMILES string of the molecule is CCc1ccc(-c2cc(C(=O)N3CCCCCC3)c3cc(Cl)ccc3n2)s1. The van der Waals surface area contributed by atoms with Crippen molar-refractivity contribution in [2.45, 2.75) is 39.0 Å². The zero-order valence-electron chi connectivity index (χ0n) is 15.5. The van der Waals surface area contributed by atoms with Crippen LogP contribution < -0.4 is 0 Å². The molecule has 1 fully saturated rings. The van der Waals surface area contributed by atoms with Crippen molar-refractivity contribution < 1.29 is 4.79 Å². The minimum absolute atomic E-state index is 0.0973. The molecule has 140 valence electrons. The topological polar surface area (TPSA) is 33.2 Å². The van der Waals surface area contributed by atoms with Gasteiger partial charge >= 0.3 is 0 Å². The lowest BCUT2D eigenvalue weighted by atomic mass is 10.1. The molecule has 0 unspecified atom stereocenters. The predicted octanol–water partition coefficient (Wildman–Crippen LogP) is 6.20. The summed E-state index contributed by atoms with van der Waals surface area (Å²) in [4.78, 5) is 22.6. The summed E-state index contributed by atoms with van der Waals surface area (Å²) in [5.74, 6) is 0.0973. The number of benzene rings is 1. The quantitative estimate of drug-likeness (QED) is 0.526. The molecule has 1 aliphatic heterocycles. The first-order valence-electron chi connectivity index (χ1n) is 9.64. The van der Waals surface area contributed by atoms with Crippen molar-refractivity contribution in [3.05, 3.63) is 51.9 Å². The van der Waals surface area contributed by atoms with Crippen molar-refractivity contribution in [3.8, 4) is 10.6 Å². The van der Waals surface area contributed by atoms with Crippen molar-refractivity contribution in [2.24, 2.45) is 0 Å². The van der Waals surface area contributed by atoms with Gasteiger partial charge in [0.25, 0.3) is 5.91 Å². The van der Waals surface area contributed by atoms with Crippen molar-refractivity contribution >= 4 is 39.7 Å². The number of carbonyl (C=O) groups is 1. The van der Waals surface area contributed by atoms with Crippen molar-refractivity contribution in [3.63, 3.8) is 0 Å². The highest BCUT2D eigenvalue weighted by atomic mass is 35.5. The molecule has 0 saturated carbocycles. The number of rotatable bonds is 3. The summed E-state index contributed by atoms with van der Waals surface area (Å²) in [5, 5.41) is 1.47. The van der Waals surface area contributed by atoms with Crippen LogP contribution in [-0.2, 0) is 6.42 Å². The maximum Gasteiger partial charge on any atom is 0.254 e. The zero-order valence-corrected chi connectivity index (χ0v) is 17.1. The third-order valence-electron chi connectivity index (χ3n) is 5.16. The third-order valence-corrected chi connectivity index (χ3v) is 6.64. The van der Waals surface area contributed by atoms with E-state index < -0.39 is 0 Å². The Hall–Kier alpha value is -1.91. The number of fused-ring (bicyclic) bond motifs is 1. The maximum atomic E-state index is 13.4. The fourth-order valence-corrected chi connectivity index (χ4v) is 4.73. The normalized spacial score (nSPS) is 15.1. The molecule has 3 nitrogen and oxygen atoms in total. The van der Waals surface area contributed by atoms with E-state index in [1.54, 1.807) is 11.3 Å². The second-order valence-corrected chi connectivity index (χ2v) is 8.65. The molecule has 3 heterocycles. The van der Waals surface area contributed by atoms with Gasteiger partial charge in [0.05, 0.1) is 21.7 Å². The van der Waals surface area contributed by atoms with Crippen LogP contribution in [0.2, 0.25) is 5.02 Å². The van der Waals surface area contributed by atoms with Crippen LogP contribution in [0, 0.1) is 0 Å². The van der Waals surface area contributed by atoms with Crippen LogP contribution >= 0.6 is 22.9 Å². The maximum absolute atomic E-state index is 13.4. The van der Waals surface area contributed by atoms with Gasteiger partial charge in [0.2, 0.25) is 0 Å². The Kier molecular flexibility index (Phi) is 5.46. The molecule has 1 aromatic carbocycles. The zero-order chi connectivity index (χ0) is 18.8. The summed E-state index contributed by atoms with van der Waals surface area (Å²) in [6.07, 6.45) is 5.56. The van der Waals surface area contributed by atoms with Gasteiger partial charge in [0, 0.05) is 28.4 Å². The van der Waals surface area contributed by atoms with Crippen molar-refractivity contribution in [1.82, 2.24) is 9.88 Å². The number of carbonyl (C=O) groups excluding carboxylic acids is 1. The van der Waals surface area contributed by atoms with Gasteiger partial charge in [-0.15, -0.1) is 11.3 Å². The molecule has 1 aliphatic rings. The van der Waals surface area contributed by atoms with Crippen LogP contribution in [0.15, 0.2) is 36.4 Å². The minimum Gasteiger partial charge on any atom is -0.339 e. The van der Waals surface area contributed by atoms with Crippen LogP contribution in [-0.4, -0.2) is 28.9 Å². The largest absolute Gasteiger partial charge is 0.339 e. The highest BCUT2D eigenvalue weighted by Gasteiger charge is 2.21. The number of thiophene rings is 1. The monoisotopic (exact) mass is 398 g/mol. The Balaban J connectivity index is 1.83. The Morgan fingerprint density at radius 3 is 2.59 bits per heavy atom. The number of pyridine rings is 1. The first-order valence-corrected chi connectivity index (χ1v) is 10.8. The van der Waals surface area contributed by atoms with Gasteiger partial charge in [-0.3, -0.25) is 4.79 Å². The van der Waals surface area contributed by atoms with Crippen molar-refractivity contribution in [1.29, 1.82) is 0 Å². The van der Waals surface area contributed by atoms with Gasteiger partial charge < -0.3 is 4.90 Å². The van der Waals surface area contributed by atoms with Gasteiger partial charge in [-0.05, 0) is 55.7 Å². The first kappa shape index (κ1) is 18.5. The summed E-state index contributed by atoms with van der Waals surface area (Å²) in [7, 11) is 0. The average molecular weight is 399 g/mol. The molecule has 5 heteroatoms. The van der Waals surface area contributed by atoms with Gasteiger partial charge in [0.1, 0.15) is 0 Å². The van der Waals surface area contributed by atoms with Gasteiger partial charge in [0.15, 0.2) is 0 Å². The Morgan fingerprint density at radius 1 is 1.11 bits per heavy atom. The van der Waals surface area contributed by atoms with Crippen LogP contribution in [0.1, 0.15) is 47.8 Å². The first-order chi connectivity index (χ1) is 13.2. The molecule has 0 N–H and O–H groups in total. The van der Waals surface area contributed by atoms with E-state index in [0.717, 1.165) is 53.8 Å². The molecule has 1 amide bonds. The molecule has 4 rings (SSSR count). The van der Waals surface area contributed by atoms with Crippen LogP contribution in [0.4, 0.5) is 0 Å². The molecule has 0 spiro atoms. The van der Waals surface area contributed by atoms with E-state index in [-0.39, 0.29) is 5.91 Å². The molecular formula is C22H23ClN2OS. The lowest BCUT2D eigenvalue weighted by Crippen LogP contribution is -2.32. The average Bonchev–Trinajstić information content (AvgIpc) is 3.01. The summed E-state index contributed by atoms with van der Waals surface area (Å²) in [6.45, 7) is 3.81. The summed E-state index contributed by atoms with van der Waals surface area (Å²) >= 11 is 7.98. The lowest BCUT2D eigenvalue weighted by molar-refractivity contribution is 0.0763. The molecule has 0 atom stereocenters. The standard InChI is InChI=1S/C22H23ClN2OS/c1-2-16-8-10-21(27-16)20-14-18(17-13-15(23)7-9-19(17)24-20)22(26)25-11-5-3-4-6-12-25/h7-10,13-14H,2-6,11-12H2,1H3. The number of amides is 1. The number of hydrogen-bond acceptors (Lipinski definition) is 3. The van der Waals surface area contributed by atoms with E-state index in [1.165, 1.54) is 17.7 Å². The van der Waals surface area contributed by atoms with E-state index >= 15 is 0 Å². The Bertz CT molecular complexity index is 974. The fraction of sp³-hybridized carbons (Fsp3) is 0.364. The third kappa shape index (κ3) is 3.87. The van der Waals surface area contributed by atoms with Crippen molar-refractivity contribution in [2.75, 3.05) is 13.1 Å². The van der Waals surface area contributed by atoms with Crippen LogP contribution in [0.3, 0.4) is 0 Å². The fourth-order valence-electron chi connectivity index (χ4n) is 3.65. The summed E-state index contributed by atoms with van der Waals surface area (Å²) < 4.78 is 0. The summed E-state index contributed by atoms with van der Waals surface area (Å²) in [6, 6.07) is 11.8. The molecule has 27 heavy (non-hydrogen) atoms. The highest BCUT2D eigenvalue weighted by Crippen LogP contribution is 2.32. The van der Waals surface area contributed by atoms with E-state index in [0.29, 0.717) is 10.6 Å². The smallest absolute Gasteiger partial charge is 0.254 e. The van der Waals surface area contributed by atoms with Crippen LogP contribution in [0.5, 0.6) is 0 Å². The number of hydrogen-bond donors (Lipinski definition) is 0. The number of nitrogens with zero attached hydrogens (tertiary/aromatic N) is 2.